The molecule has 21 heavy (non-hydrogen) atoms. The Hall–Kier alpha value is -1.11. The van der Waals surface area contributed by atoms with Gasteiger partial charge >= 0.3 is 0 Å². The summed E-state index contributed by atoms with van der Waals surface area (Å²) < 4.78 is 27.4. The Morgan fingerprint density at radius 2 is 1.67 bits per heavy atom. The normalized spacial score (nSPS) is 13.4. The summed E-state index contributed by atoms with van der Waals surface area (Å²) in [4.78, 5) is 2.50. The molecule has 2 N–H and O–H groups in total. The molecule has 6 heteroatoms. The maximum atomic E-state index is 12.3. The Balaban J connectivity index is 2.72. The highest BCUT2D eigenvalue weighted by Gasteiger charge is 2.18. The Morgan fingerprint density at radius 3 is 2.14 bits per heavy atom. The van der Waals surface area contributed by atoms with Crippen molar-refractivity contribution in [2.24, 2.45) is 0 Å². The van der Waals surface area contributed by atoms with E-state index in [1.54, 1.807) is 24.3 Å². The van der Waals surface area contributed by atoms with E-state index < -0.39 is 10.0 Å². The second-order valence-corrected chi connectivity index (χ2v) is 6.78. The lowest BCUT2D eigenvalue weighted by Crippen LogP contribution is -2.41. The fraction of sp³-hybridized carbons (Fsp3) is 0.600. The van der Waals surface area contributed by atoms with Gasteiger partial charge in [0.05, 0.1) is 4.90 Å². The SMILES string of the molecule is CCNc1ccc(S(=O)(=O)NC(C)CN(CC)CC)cc1. The molecule has 0 spiro atoms. The van der Waals surface area contributed by atoms with Gasteiger partial charge in [0, 0.05) is 24.8 Å². The van der Waals surface area contributed by atoms with Crippen molar-refractivity contribution in [1.82, 2.24) is 9.62 Å². The molecule has 0 aromatic heterocycles. The summed E-state index contributed by atoms with van der Waals surface area (Å²) in [6.07, 6.45) is 0. The second kappa shape index (κ2) is 8.36. The van der Waals surface area contributed by atoms with E-state index >= 15 is 0 Å². The fourth-order valence-corrected chi connectivity index (χ4v) is 3.43. The van der Waals surface area contributed by atoms with Gasteiger partial charge in [-0.05, 0) is 51.2 Å². The minimum atomic E-state index is -3.46. The molecular weight excluding hydrogens is 286 g/mol. The summed E-state index contributed by atoms with van der Waals surface area (Å²) >= 11 is 0. The number of benzene rings is 1. The van der Waals surface area contributed by atoms with Crippen molar-refractivity contribution >= 4 is 15.7 Å². The average Bonchev–Trinajstić information content (AvgIpc) is 2.45. The first-order valence-electron chi connectivity index (χ1n) is 7.51. The summed E-state index contributed by atoms with van der Waals surface area (Å²) in [5.41, 5.74) is 0.924. The predicted molar refractivity (Wildman–Crippen MR) is 88.2 cm³/mol. The minimum absolute atomic E-state index is 0.122. The standard InChI is InChI=1S/C15H27N3O2S/c1-5-16-14-8-10-15(11-9-14)21(19,20)17-13(4)12-18(6-2)7-3/h8-11,13,16-17H,5-7,12H2,1-4H3. The number of likely N-dealkylation sites (N-methyl/N-ethyl adjacent to an activating group) is 1. The van der Waals surface area contributed by atoms with E-state index in [0.29, 0.717) is 11.4 Å². The molecular formula is C15H27N3O2S. The highest BCUT2D eigenvalue weighted by molar-refractivity contribution is 7.89. The molecule has 0 fully saturated rings. The van der Waals surface area contributed by atoms with E-state index in [9.17, 15) is 8.42 Å². The van der Waals surface area contributed by atoms with Crippen LogP contribution >= 0.6 is 0 Å². The fourth-order valence-electron chi connectivity index (χ4n) is 2.20. The van der Waals surface area contributed by atoms with Crippen molar-refractivity contribution in [3.05, 3.63) is 24.3 Å². The van der Waals surface area contributed by atoms with Gasteiger partial charge < -0.3 is 10.2 Å². The molecule has 1 aromatic rings. The zero-order valence-electron chi connectivity index (χ0n) is 13.4. The molecule has 1 unspecified atom stereocenters. The summed E-state index contributed by atoms with van der Waals surface area (Å²) in [6.45, 7) is 11.4. The Morgan fingerprint density at radius 1 is 1.10 bits per heavy atom. The molecule has 1 atom stereocenters. The van der Waals surface area contributed by atoms with E-state index in [-0.39, 0.29) is 6.04 Å². The van der Waals surface area contributed by atoms with Gasteiger partial charge in [0.2, 0.25) is 10.0 Å². The number of nitrogens with one attached hydrogen (secondary N) is 2. The van der Waals surface area contributed by atoms with Gasteiger partial charge in [0.25, 0.3) is 0 Å². The van der Waals surface area contributed by atoms with Gasteiger partial charge in [-0.3, -0.25) is 0 Å². The second-order valence-electron chi connectivity index (χ2n) is 5.06. The molecule has 0 radical (unpaired) electrons. The lowest BCUT2D eigenvalue weighted by molar-refractivity contribution is 0.282. The number of anilines is 1. The van der Waals surface area contributed by atoms with Crippen molar-refractivity contribution in [3.8, 4) is 0 Å². The third-order valence-electron chi connectivity index (χ3n) is 3.33. The van der Waals surface area contributed by atoms with Crippen LogP contribution in [0, 0.1) is 0 Å². The molecule has 5 nitrogen and oxygen atoms in total. The van der Waals surface area contributed by atoms with Crippen LogP contribution in [-0.2, 0) is 10.0 Å². The maximum Gasteiger partial charge on any atom is 0.240 e. The molecule has 1 aromatic carbocycles. The number of hydrogen-bond donors (Lipinski definition) is 2. The highest BCUT2D eigenvalue weighted by Crippen LogP contribution is 2.14. The largest absolute Gasteiger partial charge is 0.385 e. The van der Waals surface area contributed by atoms with E-state index in [1.165, 1.54) is 0 Å². The van der Waals surface area contributed by atoms with E-state index in [0.717, 1.165) is 25.3 Å². The number of rotatable bonds is 9. The van der Waals surface area contributed by atoms with Crippen LogP contribution < -0.4 is 10.0 Å². The quantitative estimate of drug-likeness (QED) is 0.733. The van der Waals surface area contributed by atoms with Crippen LogP contribution in [0.25, 0.3) is 0 Å². The van der Waals surface area contributed by atoms with Gasteiger partial charge in [0.1, 0.15) is 0 Å². The first-order chi connectivity index (χ1) is 9.92. The lowest BCUT2D eigenvalue weighted by atomic mass is 10.3. The van der Waals surface area contributed by atoms with Gasteiger partial charge in [-0.1, -0.05) is 13.8 Å². The predicted octanol–water partition coefficient (Wildman–Crippen LogP) is 2.13. The summed E-state index contributed by atoms with van der Waals surface area (Å²) in [5, 5.41) is 3.15. The molecule has 0 amide bonds. The van der Waals surface area contributed by atoms with Crippen LogP contribution in [0.15, 0.2) is 29.2 Å². The van der Waals surface area contributed by atoms with Crippen LogP contribution in [-0.4, -0.2) is 45.5 Å². The third-order valence-corrected chi connectivity index (χ3v) is 4.93. The Kier molecular flexibility index (Phi) is 7.14. The molecule has 0 aliphatic rings. The van der Waals surface area contributed by atoms with Gasteiger partial charge in [0.15, 0.2) is 0 Å². The van der Waals surface area contributed by atoms with Crippen LogP contribution in [0.5, 0.6) is 0 Å². The maximum absolute atomic E-state index is 12.3. The summed E-state index contributed by atoms with van der Waals surface area (Å²) in [5.74, 6) is 0. The molecule has 0 saturated heterocycles. The van der Waals surface area contributed by atoms with Crippen molar-refractivity contribution in [2.45, 2.75) is 38.6 Å². The highest BCUT2D eigenvalue weighted by atomic mass is 32.2. The average molecular weight is 313 g/mol. The Labute approximate surface area is 128 Å². The smallest absolute Gasteiger partial charge is 0.240 e. The molecule has 0 bridgehead atoms. The zero-order valence-corrected chi connectivity index (χ0v) is 14.2. The van der Waals surface area contributed by atoms with Crippen molar-refractivity contribution in [1.29, 1.82) is 0 Å². The van der Waals surface area contributed by atoms with Crippen molar-refractivity contribution in [2.75, 3.05) is 31.5 Å². The van der Waals surface area contributed by atoms with E-state index in [4.69, 9.17) is 0 Å². The molecule has 1 rings (SSSR count). The summed E-state index contributed by atoms with van der Waals surface area (Å²) in [6, 6.07) is 6.71. The van der Waals surface area contributed by atoms with Crippen LogP contribution in [0.2, 0.25) is 0 Å². The van der Waals surface area contributed by atoms with Crippen molar-refractivity contribution < 1.29 is 8.42 Å². The molecule has 0 saturated carbocycles. The number of hydrogen-bond acceptors (Lipinski definition) is 4. The van der Waals surface area contributed by atoms with Crippen LogP contribution in [0.3, 0.4) is 0 Å². The monoisotopic (exact) mass is 313 g/mol. The first-order valence-corrected chi connectivity index (χ1v) is 8.99. The lowest BCUT2D eigenvalue weighted by Gasteiger charge is -2.23. The van der Waals surface area contributed by atoms with Crippen molar-refractivity contribution in [3.63, 3.8) is 0 Å². The number of sulfonamides is 1. The molecule has 0 aliphatic heterocycles. The minimum Gasteiger partial charge on any atom is -0.385 e. The molecule has 0 aliphatic carbocycles. The van der Waals surface area contributed by atoms with E-state index in [1.807, 2.05) is 13.8 Å². The van der Waals surface area contributed by atoms with E-state index in [2.05, 4.69) is 28.8 Å². The van der Waals surface area contributed by atoms with Crippen LogP contribution in [0.1, 0.15) is 27.7 Å². The van der Waals surface area contributed by atoms with Gasteiger partial charge in [-0.25, -0.2) is 13.1 Å². The molecule has 0 heterocycles. The zero-order chi connectivity index (χ0) is 15.9. The first kappa shape index (κ1) is 17.9. The van der Waals surface area contributed by atoms with Gasteiger partial charge in [-0.2, -0.15) is 0 Å². The number of nitrogens with zero attached hydrogens (tertiary/aromatic N) is 1. The van der Waals surface area contributed by atoms with Gasteiger partial charge in [-0.15, -0.1) is 0 Å². The summed E-state index contributed by atoms with van der Waals surface area (Å²) in [7, 11) is -3.46. The third kappa shape index (κ3) is 5.65. The topological polar surface area (TPSA) is 61.4 Å². The van der Waals surface area contributed by atoms with Crippen LogP contribution in [0.4, 0.5) is 5.69 Å². The Bertz CT molecular complexity index is 510. The molecule has 120 valence electrons.